The molecule has 0 bridgehead atoms. The third kappa shape index (κ3) is 5.54. The Morgan fingerprint density at radius 1 is 1.03 bits per heavy atom. The topological polar surface area (TPSA) is 70.4 Å². The number of halogens is 1. The number of imidazole rings is 1. The van der Waals surface area contributed by atoms with Crippen molar-refractivity contribution < 1.29 is 9.90 Å². The van der Waals surface area contributed by atoms with E-state index in [2.05, 4.69) is 46.3 Å². The number of aromatic nitrogens is 2. The summed E-state index contributed by atoms with van der Waals surface area (Å²) < 4.78 is 2.15. The van der Waals surface area contributed by atoms with E-state index in [1.54, 1.807) is 0 Å². The second-order valence-electron chi connectivity index (χ2n) is 11.3. The highest BCUT2D eigenvalue weighted by atomic mass is 35.5. The van der Waals surface area contributed by atoms with Crippen LogP contribution in [0.5, 0.6) is 0 Å². The minimum Gasteiger partial charge on any atom is -0.388 e. The van der Waals surface area contributed by atoms with E-state index in [4.69, 9.17) is 4.98 Å². The zero-order chi connectivity index (χ0) is 25.2. The van der Waals surface area contributed by atoms with Crippen LogP contribution in [0.4, 0.5) is 0 Å². The van der Waals surface area contributed by atoms with Crippen molar-refractivity contribution in [2.75, 3.05) is 19.6 Å². The summed E-state index contributed by atoms with van der Waals surface area (Å²) in [4.78, 5) is 21.0. The molecular weight excluding hydrogens is 496 g/mol. The molecule has 0 spiro atoms. The maximum absolute atomic E-state index is 14.2. The minimum absolute atomic E-state index is 0. The van der Waals surface area contributed by atoms with E-state index >= 15 is 0 Å². The molecule has 3 atom stereocenters. The second-order valence-corrected chi connectivity index (χ2v) is 11.3. The van der Waals surface area contributed by atoms with Crippen molar-refractivity contribution >= 4 is 18.3 Å². The molecule has 2 aromatic carbocycles. The van der Waals surface area contributed by atoms with Gasteiger partial charge in [0.05, 0.1) is 23.7 Å². The number of benzene rings is 2. The van der Waals surface area contributed by atoms with Gasteiger partial charge in [-0.3, -0.25) is 4.79 Å². The molecule has 0 unspecified atom stereocenters. The SMILES string of the molecule is Cl.O=C(c1ncn([C@H]2CCCC[C@]2(O)CC2CC2)c1-c1ccccc1)N1CCNC[C@H]1Cc1ccccc1. The molecule has 2 heterocycles. The first-order chi connectivity index (χ1) is 18.1. The van der Waals surface area contributed by atoms with Crippen molar-refractivity contribution in [1.82, 2.24) is 19.8 Å². The molecule has 2 saturated carbocycles. The highest BCUT2D eigenvalue weighted by Gasteiger charge is 2.45. The molecule has 6 rings (SSSR count). The van der Waals surface area contributed by atoms with E-state index in [1.807, 2.05) is 35.5 Å². The van der Waals surface area contributed by atoms with Crippen molar-refractivity contribution in [1.29, 1.82) is 0 Å². The van der Waals surface area contributed by atoms with Gasteiger partial charge in [-0.1, -0.05) is 86.3 Å². The summed E-state index contributed by atoms with van der Waals surface area (Å²) in [6.07, 6.45) is 9.82. The van der Waals surface area contributed by atoms with Crippen molar-refractivity contribution in [3.63, 3.8) is 0 Å². The van der Waals surface area contributed by atoms with E-state index in [-0.39, 0.29) is 30.4 Å². The summed E-state index contributed by atoms with van der Waals surface area (Å²) in [5.41, 5.74) is 2.83. The average molecular weight is 535 g/mol. The largest absolute Gasteiger partial charge is 0.388 e. The number of aliphatic hydroxyl groups is 1. The summed E-state index contributed by atoms with van der Waals surface area (Å²) in [5, 5.41) is 15.4. The number of nitrogens with one attached hydrogen (secondary N) is 1. The molecule has 3 aromatic rings. The molecule has 7 heteroatoms. The Labute approximate surface area is 231 Å². The minimum atomic E-state index is -0.741. The molecule has 2 aliphatic carbocycles. The predicted octanol–water partition coefficient (Wildman–Crippen LogP) is 5.27. The standard InChI is InChI=1S/C31H38N4O2.ClH/c36-30(34-18-17-32-21-26(34)19-23-9-3-1-4-10-23)28-29(25-11-5-2-6-12-25)35(22-33-28)27-13-7-8-16-31(27,37)20-24-14-15-24;/h1-6,9-12,22,24,26-27,32,37H,7-8,13-21H2;1H/t26-,27+,31+;/m1./s1. The lowest BCUT2D eigenvalue weighted by Gasteiger charge is -2.42. The third-order valence-corrected chi connectivity index (χ3v) is 8.60. The van der Waals surface area contributed by atoms with Gasteiger partial charge in [0.25, 0.3) is 5.91 Å². The van der Waals surface area contributed by atoms with Gasteiger partial charge < -0.3 is 19.9 Å². The van der Waals surface area contributed by atoms with Gasteiger partial charge in [0.1, 0.15) is 0 Å². The highest BCUT2D eigenvalue weighted by Crippen LogP contribution is 2.48. The number of amides is 1. The fourth-order valence-corrected chi connectivity index (χ4v) is 6.53. The summed E-state index contributed by atoms with van der Waals surface area (Å²) in [6.45, 7) is 2.21. The smallest absolute Gasteiger partial charge is 0.275 e. The van der Waals surface area contributed by atoms with Gasteiger partial charge in [0.15, 0.2) is 5.69 Å². The van der Waals surface area contributed by atoms with Gasteiger partial charge in [-0.25, -0.2) is 4.98 Å². The molecule has 1 aliphatic heterocycles. The van der Waals surface area contributed by atoms with Crippen LogP contribution in [0.15, 0.2) is 67.0 Å². The van der Waals surface area contributed by atoms with Gasteiger partial charge in [-0.15, -0.1) is 12.4 Å². The predicted molar refractivity (Wildman–Crippen MR) is 153 cm³/mol. The Hall–Kier alpha value is -2.67. The normalized spacial score (nSPS) is 25.6. The molecule has 3 aliphatic rings. The first-order valence-electron chi connectivity index (χ1n) is 14.0. The zero-order valence-electron chi connectivity index (χ0n) is 22.0. The first-order valence-corrected chi connectivity index (χ1v) is 14.0. The van der Waals surface area contributed by atoms with Crippen LogP contribution < -0.4 is 5.32 Å². The van der Waals surface area contributed by atoms with Crippen LogP contribution in [0.2, 0.25) is 0 Å². The van der Waals surface area contributed by atoms with Crippen LogP contribution in [-0.2, 0) is 6.42 Å². The molecule has 1 saturated heterocycles. The zero-order valence-corrected chi connectivity index (χ0v) is 22.8. The second kappa shape index (κ2) is 11.6. The molecule has 1 amide bonds. The summed E-state index contributed by atoms with van der Waals surface area (Å²) in [7, 11) is 0. The van der Waals surface area contributed by atoms with Gasteiger partial charge in [-0.05, 0) is 37.2 Å². The van der Waals surface area contributed by atoms with Crippen LogP contribution in [0.3, 0.4) is 0 Å². The van der Waals surface area contributed by atoms with Crippen LogP contribution in [0, 0.1) is 5.92 Å². The van der Waals surface area contributed by atoms with E-state index < -0.39 is 5.60 Å². The van der Waals surface area contributed by atoms with Gasteiger partial charge in [0.2, 0.25) is 0 Å². The lowest BCUT2D eigenvalue weighted by Crippen LogP contribution is -2.54. The average Bonchev–Trinajstić information content (AvgIpc) is 3.63. The molecule has 38 heavy (non-hydrogen) atoms. The molecule has 2 N–H and O–H groups in total. The number of piperazine rings is 1. The third-order valence-electron chi connectivity index (χ3n) is 8.60. The first kappa shape index (κ1) is 26.9. The Morgan fingerprint density at radius 2 is 1.76 bits per heavy atom. The summed E-state index contributed by atoms with van der Waals surface area (Å²) >= 11 is 0. The maximum Gasteiger partial charge on any atom is 0.275 e. The number of carbonyl (C=O) groups is 1. The molecule has 3 fully saturated rings. The monoisotopic (exact) mass is 534 g/mol. The Balaban J connectivity index is 0.00000294. The number of carbonyl (C=O) groups excluding carboxylic acids is 1. The number of hydrogen-bond acceptors (Lipinski definition) is 4. The van der Waals surface area contributed by atoms with E-state index in [1.165, 1.54) is 18.4 Å². The Morgan fingerprint density at radius 3 is 2.50 bits per heavy atom. The van der Waals surface area contributed by atoms with Crippen LogP contribution in [0.25, 0.3) is 11.3 Å². The highest BCUT2D eigenvalue weighted by molar-refractivity contribution is 5.98. The summed E-state index contributed by atoms with van der Waals surface area (Å²) in [5.74, 6) is 0.622. The van der Waals surface area contributed by atoms with E-state index in [0.29, 0.717) is 18.2 Å². The molecule has 0 radical (unpaired) electrons. The van der Waals surface area contributed by atoms with Crippen molar-refractivity contribution in [2.24, 2.45) is 5.92 Å². The fraction of sp³-hybridized carbons (Fsp3) is 0.484. The van der Waals surface area contributed by atoms with Crippen LogP contribution in [-0.4, -0.2) is 56.7 Å². The fourth-order valence-electron chi connectivity index (χ4n) is 6.53. The van der Waals surface area contributed by atoms with Crippen molar-refractivity contribution in [3.8, 4) is 11.3 Å². The molecule has 6 nitrogen and oxygen atoms in total. The number of nitrogens with zero attached hydrogens (tertiary/aromatic N) is 3. The Kier molecular flexibility index (Phi) is 8.22. The quantitative estimate of drug-likeness (QED) is 0.433. The van der Waals surface area contributed by atoms with Gasteiger partial charge in [-0.2, -0.15) is 0 Å². The molecular formula is C31H39ClN4O2. The lowest BCUT2D eigenvalue weighted by atomic mass is 9.76. The van der Waals surface area contributed by atoms with E-state index in [9.17, 15) is 9.90 Å². The Bertz CT molecular complexity index is 1210. The number of hydrogen-bond donors (Lipinski definition) is 2. The summed E-state index contributed by atoms with van der Waals surface area (Å²) in [6, 6.07) is 20.6. The van der Waals surface area contributed by atoms with Crippen LogP contribution >= 0.6 is 12.4 Å². The maximum atomic E-state index is 14.2. The van der Waals surface area contributed by atoms with Gasteiger partial charge in [0, 0.05) is 31.2 Å². The molecule has 202 valence electrons. The lowest BCUT2D eigenvalue weighted by molar-refractivity contribution is -0.0518. The van der Waals surface area contributed by atoms with Crippen LogP contribution in [0.1, 0.15) is 67.0 Å². The number of rotatable bonds is 7. The van der Waals surface area contributed by atoms with Crippen molar-refractivity contribution in [3.05, 3.63) is 78.2 Å². The molecule has 1 aromatic heterocycles. The van der Waals surface area contributed by atoms with E-state index in [0.717, 1.165) is 62.9 Å². The van der Waals surface area contributed by atoms with Crippen molar-refractivity contribution in [2.45, 2.75) is 69.1 Å². The van der Waals surface area contributed by atoms with Gasteiger partial charge >= 0.3 is 0 Å².